The average Bonchev–Trinajstić information content (AvgIpc) is 2.51. The molecule has 2 aromatic carbocycles. The van der Waals surface area contributed by atoms with Gasteiger partial charge in [0.15, 0.2) is 6.61 Å². The van der Waals surface area contributed by atoms with E-state index >= 15 is 0 Å². The maximum Gasteiger partial charge on any atom is 0.339 e. The van der Waals surface area contributed by atoms with Gasteiger partial charge >= 0.3 is 5.97 Å². The van der Waals surface area contributed by atoms with E-state index in [1.807, 2.05) is 51.1 Å². The smallest absolute Gasteiger partial charge is 0.339 e. The predicted octanol–water partition coefficient (Wildman–Crippen LogP) is 3.74. The number of hydrogen-bond acceptors (Lipinski definition) is 3. The van der Waals surface area contributed by atoms with Crippen molar-refractivity contribution >= 4 is 23.5 Å². The molecule has 5 heteroatoms. The second-order valence-electron chi connectivity index (χ2n) is 5.72. The number of nitrogens with one attached hydrogen (secondary N) is 1. The summed E-state index contributed by atoms with van der Waals surface area (Å²) >= 11 is 6.03. The van der Waals surface area contributed by atoms with Gasteiger partial charge in [-0.05, 0) is 43.5 Å². The fourth-order valence-electron chi connectivity index (χ4n) is 2.59. The van der Waals surface area contributed by atoms with Crippen molar-refractivity contribution in [3.05, 3.63) is 69.2 Å². The molecule has 0 bridgehead atoms. The summed E-state index contributed by atoms with van der Waals surface area (Å²) in [6.07, 6.45) is 0. The number of esters is 1. The molecule has 0 aliphatic rings. The maximum absolute atomic E-state index is 12.2. The Morgan fingerprint density at radius 3 is 2.33 bits per heavy atom. The minimum Gasteiger partial charge on any atom is -0.452 e. The molecule has 0 saturated heterocycles. The van der Waals surface area contributed by atoms with Gasteiger partial charge in [-0.15, -0.1) is 0 Å². The zero-order chi connectivity index (χ0) is 17.7. The van der Waals surface area contributed by atoms with E-state index in [9.17, 15) is 9.59 Å². The van der Waals surface area contributed by atoms with Crippen LogP contribution in [0.15, 0.2) is 36.4 Å². The van der Waals surface area contributed by atoms with Gasteiger partial charge in [0.25, 0.3) is 5.91 Å². The number of ether oxygens (including phenoxy) is 1. The number of hydrogen-bond donors (Lipinski definition) is 1. The van der Waals surface area contributed by atoms with Crippen molar-refractivity contribution in [2.45, 2.75) is 27.3 Å². The van der Waals surface area contributed by atoms with Gasteiger partial charge in [-0.25, -0.2) is 4.79 Å². The zero-order valence-electron chi connectivity index (χ0n) is 14.0. The SMILES string of the molecule is Cc1cc(C)c(C(=O)OCC(=O)NCc2ccccc2Cl)c(C)c1. The highest BCUT2D eigenvalue weighted by atomic mass is 35.5. The first-order valence-corrected chi connectivity index (χ1v) is 8.01. The van der Waals surface area contributed by atoms with Crippen molar-refractivity contribution in [2.75, 3.05) is 6.61 Å². The van der Waals surface area contributed by atoms with Crippen LogP contribution in [-0.4, -0.2) is 18.5 Å². The third kappa shape index (κ3) is 4.59. The molecule has 2 aromatic rings. The monoisotopic (exact) mass is 345 g/mol. The molecule has 0 fully saturated rings. The molecule has 126 valence electrons. The molecular weight excluding hydrogens is 326 g/mol. The fourth-order valence-corrected chi connectivity index (χ4v) is 2.79. The molecule has 0 aliphatic carbocycles. The lowest BCUT2D eigenvalue weighted by Gasteiger charge is -2.11. The number of aryl methyl sites for hydroxylation is 3. The minimum absolute atomic E-state index is 0.290. The molecule has 0 heterocycles. The molecule has 0 unspecified atom stereocenters. The second-order valence-corrected chi connectivity index (χ2v) is 6.13. The van der Waals surface area contributed by atoms with Crippen molar-refractivity contribution in [3.63, 3.8) is 0 Å². The summed E-state index contributed by atoms with van der Waals surface area (Å²) < 4.78 is 5.13. The van der Waals surface area contributed by atoms with Crippen molar-refractivity contribution in [2.24, 2.45) is 0 Å². The van der Waals surface area contributed by atoms with Crippen LogP contribution in [0.4, 0.5) is 0 Å². The molecule has 0 saturated carbocycles. The van der Waals surface area contributed by atoms with Crippen LogP contribution in [0.25, 0.3) is 0 Å². The highest BCUT2D eigenvalue weighted by Crippen LogP contribution is 2.17. The van der Waals surface area contributed by atoms with Crippen LogP contribution in [0.3, 0.4) is 0 Å². The first-order chi connectivity index (χ1) is 11.4. The van der Waals surface area contributed by atoms with Gasteiger partial charge in [0, 0.05) is 11.6 Å². The summed E-state index contributed by atoms with van der Waals surface area (Å²) in [5.74, 6) is -0.858. The van der Waals surface area contributed by atoms with Gasteiger partial charge in [-0.1, -0.05) is 47.5 Å². The molecule has 0 radical (unpaired) electrons. The molecule has 1 amide bonds. The van der Waals surface area contributed by atoms with Gasteiger partial charge in [0.05, 0.1) is 5.56 Å². The van der Waals surface area contributed by atoms with Crippen LogP contribution < -0.4 is 5.32 Å². The van der Waals surface area contributed by atoms with E-state index in [1.165, 1.54) is 0 Å². The summed E-state index contributed by atoms with van der Waals surface area (Å²) in [7, 11) is 0. The van der Waals surface area contributed by atoms with E-state index in [0.717, 1.165) is 22.3 Å². The number of rotatable bonds is 5. The quantitative estimate of drug-likeness (QED) is 0.840. The van der Waals surface area contributed by atoms with Crippen LogP contribution in [0.2, 0.25) is 5.02 Å². The largest absolute Gasteiger partial charge is 0.452 e. The van der Waals surface area contributed by atoms with Crippen molar-refractivity contribution in [3.8, 4) is 0 Å². The van der Waals surface area contributed by atoms with E-state index in [4.69, 9.17) is 16.3 Å². The molecule has 0 aliphatic heterocycles. The standard InChI is InChI=1S/C19H20ClNO3/c1-12-8-13(2)18(14(3)9-12)19(23)24-11-17(22)21-10-15-6-4-5-7-16(15)20/h4-9H,10-11H2,1-3H3,(H,21,22). The highest BCUT2D eigenvalue weighted by molar-refractivity contribution is 6.31. The lowest BCUT2D eigenvalue weighted by atomic mass is 10.00. The molecule has 1 N–H and O–H groups in total. The van der Waals surface area contributed by atoms with Crippen LogP contribution in [0.1, 0.15) is 32.6 Å². The van der Waals surface area contributed by atoms with E-state index in [0.29, 0.717) is 17.1 Å². The highest BCUT2D eigenvalue weighted by Gasteiger charge is 2.15. The van der Waals surface area contributed by atoms with Gasteiger partial charge in [0.2, 0.25) is 0 Å². The number of benzene rings is 2. The number of carbonyl (C=O) groups excluding carboxylic acids is 2. The number of amides is 1. The fraction of sp³-hybridized carbons (Fsp3) is 0.263. The van der Waals surface area contributed by atoms with Crippen LogP contribution in [0, 0.1) is 20.8 Å². The predicted molar refractivity (Wildman–Crippen MR) is 94.2 cm³/mol. The first-order valence-electron chi connectivity index (χ1n) is 7.63. The topological polar surface area (TPSA) is 55.4 Å². The molecule has 0 aromatic heterocycles. The Kier molecular flexibility index (Phi) is 5.99. The lowest BCUT2D eigenvalue weighted by Crippen LogP contribution is -2.28. The molecule has 2 rings (SSSR count). The Morgan fingerprint density at radius 2 is 1.71 bits per heavy atom. The average molecular weight is 346 g/mol. The number of halogens is 1. The summed E-state index contributed by atoms with van der Waals surface area (Å²) in [4.78, 5) is 24.1. The first kappa shape index (κ1) is 18.0. The van der Waals surface area contributed by atoms with E-state index < -0.39 is 5.97 Å². The Morgan fingerprint density at radius 1 is 1.08 bits per heavy atom. The van der Waals surface area contributed by atoms with Crippen LogP contribution in [0.5, 0.6) is 0 Å². The zero-order valence-corrected chi connectivity index (χ0v) is 14.7. The molecule has 4 nitrogen and oxygen atoms in total. The summed E-state index contributed by atoms with van der Waals surface area (Å²) in [5, 5.41) is 3.27. The third-order valence-corrected chi connectivity index (χ3v) is 4.02. The molecule has 0 atom stereocenters. The van der Waals surface area contributed by atoms with Crippen molar-refractivity contribution in [1.82, 2.24) is 5.32 Å². The summed E-state index contributed by atoms with van der Waals surface area (Å²) in [6.45, 7) is 5.65. The van der Waals surface area contributed by atoms with E-state index in [2.05, 4.69) is 5.32 Å². The Hall–Kier alpha value is -2.33. The van der Waals surface area contributed by atoms with Gasteiger partial charge in [-0.3, -0.25) is 4.79 Å². The lowest BCUT2D eigenvalue weighted by molar-refractivity contribution is -0.124. The Labute approximate surface area is 146 Å². The Balaban J connectivity index is 1.90. The van der Waals surface area contributed by atoms with Gasteiger partial charge in [-0.2, -0.15) is 0 Å². The van der Waals surface area contributed by atoms with E-state index in [1.54, 1.807) is 6.07 Å². The van der Waals surface area contributed by atoms with Crippen LogP contribution in [-0.2, 0) is 16.1 Å². The Bertz CT molecular complexity index is 748. The normalized spacial score (nSPS) is 10.3. The molecule has 24 heavy (non-hydrogen) atoms. The van der Waals surface area contributed by atoms with E-state index in [-0.39, 0.29) is 12.5 Å². The molecule has 0 spiro atoms. The van der Waals surface area contributed by atoms with Crippen molar-refractivity contribution < 1.29 is 14.3 Å². The molecular formula is C19H20ClNO3. The van der Waals surface area contributed by atoms with Crippen molar-refractivity contribution in [1.29, 1.82) is 0 Å². The second kappa shape index (κ2) is 7.97. The maximum atomic E-state index is 12.2. The number of carbonyl (C=O) groups is 2. The van der Waals surface area contributed by atoms with Gasteiger partial charge < -0.3 is 10.1 Å². The van der Waals surface area contributed by atoms with Crippen LogP contribution >= 0.6 is 11.6 Å². The third-order valence-electron chi connectivity index (χ3n) is 3.65. The van der Waals surface area contributed by atoms with Gasteiger partial charge in [0.1, 0.15) is 0 Å². The summed E-state index contributed by atoms with van der Waals surface area (Å²) in [6, 6.07) is 11.1. The minimum atomic E-state index is -0.488. The summed E-state index contributed by atoms with van der Waals surface area (Å²) in [5.41, 5.74) is 4.09.